The molecule has 0 amide bonds. The lowest BCUT2D eigenvalue weighted by atomic mass is 10.1. The van der Waals surface area contributed by atoms with E-state index in [1.807, 2.05) is 69.3 Å². The predicted octanol–water partition coefficient (Wildman–Crippen LogP) is 4.95. The molecule has 0 aliphatic heterocycles. The van der Waals surface area contributed by atoms with Crippen molar-refractivity contribution in [3.8, 4) is 6.07 Å². The van der Waals surface area contributed by atoms with Crippen LogP contribution in [0.2, 0.25) is 0 Å². The molecule has 0 fully saturated rings. The number of anilines is 5. The van der Waals surface area contributed by atoms with Gasteiger partial charge < -0.3 is 16.4 Å². The first-order valence-electron chi connectivity index (χ1n) is 8.35. The van der Waals surface area contributed by atoms with Crippen LogP contribution in [0.1, 0.15) is 22.3 Å². The highest BCUT2D eigenvalue weighted by molar-refractivity contribution is 5.79. The summed E-state index contributed by atoms with van der Waals surface area (Å²) >= 11 is 0. The van der Waals surface area contributed by atoms with Crippen LogP contribution in [0.15, 0.2) is 48.5 Å². The van der Waals surface area contributed by atoms with Crippen LogP contribution in [-0.2, 0) is 0 Å². The normalized spacial score (nSPS) is 10.2. The van der Waals surface area contributed by atoms with Crippen molar-refractivity contribution < 1.29 is 0 Å². The van der Waals surface area contributed by atoms with E-state index >= 15 is 0 Å². The van der Waals surface area contributed by atoms with E-state index < -0.39 is 0 Å². The van der Waals surface area contributed by atoms with Crippen LogP contribution in [0.25, 0.3) is 0 Å². The van der Waals surface area contributed by atoms with E-state index in [0.29, 0.717) is 28.5 Å². The van der Waals surface area contributed by atoms with Crippen molar-refractivity contribution in [2.75, 3.05) is 16.4 Å². The summed E-state index contributed by atoms with van der Waals surface area (Å²) in [5, 5.41) is 16.1. The minimum absolute atomic E-state index is 0.443. The number of nitrogens with one attached hydrogen (secondary N) is 2. The largest absolute Gasteiger partial charge is 0.395 e. The molecule has 3 rings (SSSR count). The van der Waals surface area contributed by atoms with Crippen molar-refractivity contribution in [1.29, 1.82) is 5.26 Å². The minimum Gasteiger partial charge on any atom is -0.395 e. The van der Waals surface area contributed by atoms with E-state index in [1.54, 1.807) is 0 Å². The molecule has 0 aliphatic carbocycles. The number of aromatic nitrogens is 1. The fourth-order valence-electron chi connectivity index (χ4n) is 2.76. The standard InChI is InChI=1S/C21H21N5/c1-13-6-4-8-16(10-13)24-20-18(12-22)15(3)19(23)21(26-20)25-17-9-5-7-14(2)11-17/h4-11H,23H2,1-3H3,(H2,24,25,26). The fraction of sp³-hybridized carbons (Fsp3) is 0.143. The van der Waals surface area contributed by atoms with Gasteiger partial charge in [-0.3, -0.25) is 0 Å². The first kappa shape index (κ1) is 17.3. The van der Waals surface area contributed by atoms with E-state index in [-0.39, 0.29) is 0 Å². The molecule has 2 aromatic carbocycles. The Morgan fingerprint density at radius 2 is 1.42 bits per heavy atom. The molecule has 26 heavy (non-hydrogen) atoms. The zero-order valence-corrected chi connectivity index (χ0v) is 15.1. The number of nitrogens with zero attached hydrogens (tertiary/aromatic N) is 2. The molecule has 0 radical (unpaired) electrons. The SMILES string of the molecule is Cc1cccc(Nc2nc(Nc3cccc(C)c3)c(C#N)c(C)c2N)c1. The van der Waals surface area contributed by atoms with Crippen molar-refractivity contribution in [3.05, 3.63) is 70.8 Å². The van der Waals surface area contributed by atoms with Gasteiger partial charge >= 0.3 is 0 Å². The number of nitriles is 1. The molecule has 0 atom stereocenters. The number of hydrogen-bond acceptors (Lipinski definition) is 5. The average molecular weight is 343 g/mol. The van der Waals surface area contributed by atoms with Crippen molar-refractivity contribution in [1.82, 2.24) is 4.98 Å². The van der Waals surface area contributed by atoms with Gasteiger partial charge in [-0.25, -0.2) is 4.98 Å². The Morgan fingerprint density at radius 1 is 0.885 bits per heavy atom. The molecular weight excluding hydrogens is 322 g/mol. The van der Waals surface area contributed by atoms with Gasteiger partial charge in [-0.05, 0) is 61.7 Å². The van der Waals surface area contributed by atoms with Crippen LogP contribution in [0.5, 0.6) is 0 Å². The number of benzene rings is 2. The van der Waals surface area contributed by atoms with Crippen molar-refractivity contribution in [2.24, 2.45) is 0 Å². The van der Waals surface area contributed by atoms with Gasteiger partial charge in [0.1, 0.15) is 6.07 Å². The second-order valence-corrected chi connectivity index (χ2v) is 6.32. The average Bonchev–Trinajstić information content (AvgIpc) is 2.60. The fourth-order valence-corrected chi connectivity index (χ4v) is 2.76. The highest BCUT2D eigenvalue weighted by Gasteiger charge is 2.15. The van der Waals surface area contributed by atoms with E-state index in [4.69, 9.17) is 5.73 Å². The van der Waals surface area contributed by atoms with E-state index in [9.17, 15) is 5.26 Å². The Labute approximate surface area is 153 Å². The molecule has 0 spiro atoms. The van der Waals surface area contributed by atoms with E-state index in [0.717, 1.165) is 22.5 Å². The second-order valence-electron chi connectivity index (χ2n) is 6.32. The van der Waals surface area contributed by atoms with Gasteiger partial charge in [-0.15, -0.1) is 0 Å². The van der Waals surface area contributed by atoms with Crippen molar-refractivity contribution in [3.63, 3.8) is 0 Å². The summed E-state index contributed by atoms with van der Waals surface area (Å²) in [7, 11) is 0. The van der Waals surface area contributed by atoms with Crippen LogP contribution in [0.4, 0.5) is 28.7 Å². The lowest BCUT2D eigenvalue weighted by Crippen LogP contribution is -2.07. The van der Waals surface area contributed by atoms with Crippen LogP contribution in [-0.4, -0.2) is 4.98 Å². The molecule has 1 heterocycles. The first-order valence-corrected chi connectivity index (χ1v) is 8.35. The Balaban J connectivity index is 2.03. The maximum atomic E-state index is 9.57. The van der Waals surface area contributed by atoms with Gasteiger partial charge in [0, 0.05) is 11.4 Å². The van der Waals surface area contributed by atoms with Crippen molar-refractivity contribution >= 4 is 28.7 Å². The van der Waals surface area contributed by atoms with Crippen LogP contribution >= 0.6 is 0 Å². The summed E-state index contributed by atoms with van der Waals surface area (Å²) in [6, 6.07) is 18.1. The van der Waals surface area contributed by atoms with Crippen LogP contribution < -0.4 is 16.4 Å². The molecular formula is C21H21N5. The molecule has 0 aliphatic rings. The Kier molecular flexibility index (Phi) is 4.76. The summed E-state index contributed by atoms with van der Waals surface area (Å²) in [6.07, 6.45) is 0. The predicted molar refractivity (Wildman–Crippen MR) is 107 cm³/mol. The maximum Gasteiger partial charge on any atom is 0.156 e. The molecule has 130 valence electrons. The van der Waals surface area contributed by atoms with E-state index in [2.05, 4.69) is 21.7 Å². The zero-order valence-electron chi connectivity index (χ0n) is 15.1. The Morgan fingerprint density at radius 3 is 1.92 bits per heavy atom. The van der Waals surface area contributed by atoms with Gasteiger partial charge in [0.25, 0.3) is 0 Å². The molecule has 4 N–H and O–H groups in total. The number of hydrogen-bond donors (Lipinski definition) is 3. The van der Waals surface area contributed by atoms with Crippen LogP contribution in [0, 0.1) is 32.1 Å². The lowest BCUT2D eigenvalue weighted by molar-refractivity contribution is 1.24. The molecule has 0 unspecified atom stereocenters. The highest BCUT2D eigenvalue weighted by atomic mass is 15.1. The number of rotatable bonds is 4. The monoisotopic (exact) mass is 343 g/mol. The first-order chi connectivity index (χ1) is 12.5. The molecule has 0 bridgehead atoms. The van der Waals surface area contributed by atoms with Crippen molar-refractivity contribution in [2.45, 2.75) is 20.8 Å². The highest BCUT2D eigenvalue weighted by Crippen LogP contribution is 2.32. The topological polar surface area (TPSA) is 86.8 Å². The number of aryl methyl sites for hydroxylation is 2. The van der Waals surface area contributed by atoms with Gasteiger partial charge in [0.05, 0.1) is 11.3 Å². The molecule has 0 saturated carbocycles. The quantitative estimate of drug-likeness (QED) is 0.624. The van der Waals surface area contributed by atoms with Crippen LogP contribution in [0.3, 0.4) is 0 Å². The summed E-state index contributed by atoms with van der Waals surface area (Å²) in [5.41, 5.74) is 11.9. The molecule has 5 heteroatoms. The maximum absolute atomic E-state index is 9.57. The number of nitrogen functional groups attached to an aromatic ring is 1. The zero-order chi connectivity index (χ0) is 18.7. The molecule has 0 saturated heterocycles. The third-order valence-corrected chi connectivity index (χ3v) is 4.17. The van der Waals surface area contributed by atoms with Gasteiger partial charge in [0.15, 0.2) is 11.6 Å². The summed E-state index contributed by atoms with van der Waals surface area (Å²) in [5.74, 6) is 1.02. The summed E-state index contributed by atoms with van der Waals surface area (Å²) in [6.45, 7) is 5.87. The van der Waals surface area contributed by atoms with Gasteiger partial charge in [-0.2, -0.15) is 5.26 Å². The smallest absolute Gasteiger partial charge is 0.156 e. The minimum atomic E-state index is 0.443. The molecule has 3 aromatic rings. The summed E-state index contributed by atoms with van der Waals surface area (Å²) < 4.78 is 0. The molecule has 1 aromatic heterocycles. The van der Waals surface area contributed by atoms with Gasteiger partial charge in [0.2, 0.25) is 0 Å². The Bertz CT molecular complexity index is 1000. The van der Waals surface area contributed by atoms with Gasteiger partial charge in [-0.1, -0.05) is 24.3 Å². The summed E-state index contributed by atoms with van der Waals surface area (Å²) in [4.78, 5) is 4.58. The lowest BCUT2D eigenvalue weighted by Gasteiger charge is -2.16. The Hall–Kier alpha value is -3.52. The number of nitrogens with two attached hydrogens (primary N) is 1. The third-order valence-electron chi connectivity index (χ3n) is 4.17. The second kappa shape index (κ2) is 7.16. The van der Waals surface area contributed by atoms with E-state index in [1.165, 1.54) is 0 Å². The number of pyridine rings is 1. The molecule has 5 nitrogen and oxygen atoms in total. The third kappa shape index (κ3) is 3.60.